The smallest absolute Gasteiger partial charge is 0.0641 e. The Bertz CT molecular complexity index is 324. The first-order chi connectivity index (χ1) is 7.58. The summed E-state index contributed by atoms with van der Waals surface area (Å²) in [5.74, 6) is 0. The maximum atomic E-state index is 8.86. The summed E-state index contributed by atoms with van der Waals surface area (Å²) in [5, 5.41) is 16.6. The van der Waals surface area contributed by atoms with Gasteiger partial charge in [-0.05, 0) is 20.3 Å². The van der Waals surface area contributed by atoms with E-state index in [4.69, 9.17) is 10.8 Å². The molecule has 0 aliphatic heterocycles. The fraction of sp³-hybridized carbons (Fsp3) is 0.727. The average molecular weight is 226 g/mol. The van der Waals surface area contributed by atoms with E-state index in [-0.39, 0.29) is 18.7 Å². The van der Waals surface area contributed by atoms with E-state index < -0.39 is 0 Å². The molecular weight excluding hydrogens is 204 g/mol. The van der Waals surface area contributed by atoms with Crippen LogP contribution < -0.4 is 11.1 Å². The second-order valence-electron chi connectivity index (χ2n) is 4.21. The highest BCUT2D eigenvalue weighted by Crippen LogP contribution is 2.16. The maximum absolute atomic E-state index is 8.86. The number of hydrogen-bond donors (Lipinski definition) is 3. The van der Waals surface area contributed by atoms with Crippen LogP contribution in [0.4, 0.5) is 0 Å². The quantitative estimate of drug-likeness (QED) is 0.642. The number of nitrogens with one attached hydrogen (secondary N) is 1. The molecule has 2 unspecified atom stereocenters. The Morgan fingerprint density at radius 3 is 2.75 bits per heavy atom. The van der Waals surface area contributed by atoms with Crippen molar-refractivity contribution in [2.45, 2.75) is 32.4 Å². The summed E-state index contributed by atoms with van der Waals surface area (Å²) in [6.45, 7) is 4.75. The summed E-state index contributed by atoms with van der Waals surface area (Å²) in [5.41, 5.74) is 7.90. The van der Waals surface area contributed by atoms with Crippen molar-refractivity contribution in [2.75, 3.05) is 13.2 Å². The van der Waals surface area contributed by atoms with Crippen molar-refractivity contribution in [3.05, 3.63) is 17.5 Å². The predicted octanol–water partition coefficient (Wildman–Crippen LogP) is 0.0888. The summed E-state index contributed by atoms with van der Waals surface area (Å²) >= 11 is 0. The van der Waals surface area contributed by atoms with E-state index in [0.29, 0.717) is 6.54 Å². The molecule has 2 atom stereocenters. The number of aliphatic hydroxyl groups excluding tert-OH is 1. The monoisotopic (exact) mass is 226 g/mol. The van der Waals surface area contributed by atoms with Crippen LogP contribution >= 0.6 is 0 Å². The van der Waals surface area contributed by atoms with E-state index >= 15 is 0 Å². The molecule has 0 amide bonds. The molecule has 4 N–H and O–H groups in total. The van der Waals surface area contributed by atoms with Gasteiger partial charge in [0.1, 0.15) is 0 Å². The molecule has 0 saturated carbocycles. The van der Waals surface area contributed by atoms with Gasteiger partial charge in [0.2, 0.25) is 0 Å². The van der Waals surface area contributed by atoms with Crippen LogP contribution in [0.3, 0.4) is 0 Å². The van der Waals surface area contributed by atoms with Crippen LogP contribution in [0.2, 0.25) is 0 Å². The van der Waals surface area contributed by atoms with Gasteiger partial charge in [-0.15, -0.1) is 0 Å². The lowest BCUT2D eigenvalue weighted by atomic mass is 10.1. The zero-order valence-electron chi connectivity index (χ0n) is 10.3. The van der Waals surface area contributed by atoms with Gasteiger partial charge < -0.3 is 16.2 Å². The third-order valence-corrected chi connectivity index (χ3v) is 2.71. The Kier molecular flexibility index (Phi) is 4.92. The normalized spacial score (nSPS) is 15.1. The third-order valence-electron chi connectivity index (χ3n) is 2.71. The summed E-state index contributed by atoms with van der Waals surface area (Å²) < 4.78 is 1.80. The average Bonchev–Trinajstić information content (AvgIpc) is 2.55. The van der Waals surface area contributed by atoms with Gasteiger partial charge in [-0.2, -0.15) is 5.10 Å². The number of aromatic nitrogens is 2. The molecule has 0 aromatic carbocycles. The third kappa shape index (κ3) is 3.30. The summed E-state index contributed by atoms with van der Waals surface area (Å²) in [7, 11) is 1.90. The Labute approximate surface area is 96.6 Å². The summed E-state index contributed by atoms with van der Waals surface area (Å²) in [6, 6.07) is 0.355. The van der Waals surface area contributed by atoms with E-state index in [0.717, 1.165) is 17.7 Å². The molecule has 16 heavy (non-hydrogen) atoms. The summed E-state index contributed by atoms with van der Waals surface area (Å²) in [6.07, 6.45) is 2.72. The standard InChI is InChI=1S/C11H22N4O/c1-8(4-5-16)13-11(6-12)10-7-15(3)14-9(10)2/h7-8,11,13,16H,4-6,12H2,1-3H3. The van der Waals surface area contributed by atoms with E-state index in [1.165, 1.54) is 0 Å². The molecule has 5 nitrogen and oxygen atoms in total. The Morgan fingerprint density at radius 2 is 2.31 bits per heavy atom. The van der Waals surface area contributed by atoms with Crippen molar-refractivity contribution in [3.8, 4) is 0 Å². The number of hydrogen-bond acceptors (Lipinski definition) is 4. The Morgan fingerprint density at radius 1 is 1.62 bits per heavy atom. The molecule has 0 aliphatic carbocycles. The molecule has 0 spiro atoms. The van der Waals surface area contributed by atoms with Crippen LogP contribution in [0.15, 0.2) is 6.20 Å². The van der Waals surface area contributed by atoms with Crippen LogP contribution in [0.1, 0.15) is 30.6 Å². The minimum absolute atomic E-state index is 0.107. The van der Waals surface area contributed by atoms with E-state index in [9.17, 15) is 0 Å². The van der Waals surface area contributed by atoms with Gasteiger partial charge in [-0.25, -0.2) is 0 Å². The first-order valence-corrected chi connectivity index (χ1v) is 5.65. The van der Waals surface area contributed by atoms with Crippen molar-refractivity contribution in [1.29, 1.82) is 0 Å². The second kappa shape index (κ2) is 5.98. The maximum Gasteiger partial charge on any atom is 0.0641 e. The SMILES string of the molecule is Cc1nn(C)cc1C(CN)NC(C)CCO. The van der Waals surface area contributed by atoms with Gasteiger partial charge in [0.15, 0.2) is 0 Å². The number of aryl methyl sites for hydroxylation is 2. The fourth-order valence-electron chi connectivity index (χ4n) is 1.87. The van der Waals surface area contributed by atoms with Crippen LogP contribution in [-0.4, -0.2) is 34.1 Å². The lowest BCUT2D eigenvalue weighted by molar-refractivity contribution is 0.263. The van der Waals surface area contributed by atoms with Crippen LogP contribution in [0, 0.1) is 6.92 Å². The fourth-order valence-corrected chi connectivity index (χ4v) is 1.87. The molecule has 0 fully saturated rings. The number of aliphatic hydroxyl groups is 1. The molecule has 0 bridgehead atoms. The number of nitrogens with two attached hydrogens (primary N) is 1. The molecular formula is C11H22N4O. The van der Waals surface area contributed by atoms with Crippen LogP contribution in [-0.2, 0) is 7.05 Å². The first kappa shape index (κ1) is 13.2. The lowest BCUT2D eigenvalue weighted by Crippen LogP contribution is -2.35. The van der Waals surface area contributed by atoms with E-state index in [2.05, 4.69) is 10.4 Å². The number of nitrogens with zero attached hydrogens (tertiary/aromatic N) is 2. The van der Waals surface area contributed by atoms with Gasteiger partial charge in [0.25, 0.3) is 0 Å². The van der Waals surface area contributed by atoms with E-state index in [1.54, 1.807) is 4.68 Å². The zero-order valence-corrected chi connectivity index (χ0v) is 10.3. The second-order valence-corrected chi connectivity index (χ2v) is 4.21. The molecule has 92 valence electrons. The molecule has 0 saturated heterocycles. The van der Waals surface area contributed by atoms with Crippen molar-refractivity contribution in [3.63, 3.8) is 0 Å². The highest BCUT2D eigenvalue weighted by atomic mass is 16.3. The van der Waals surface area contributed by atoms with Gasteiger partial charge >= 0.3 is 0 Å². The molecule has 0 radical (unpaired) electrons. The van der Waals surface area contributed by atoms with Crippen LogP contribution in [0.25, 0.3) is 0 Å². The molecule has 1 aromatic rings. The van der Waals surface area contributed by atoms with Gasteiger partial charge in [0, 0.05) is 44.0 Å². The Hall–Kier alpha value is -0.910. The molecule has 5 heteroatoms. The van der Waals surface area contributed by atoms with Crippen LogP contribution in [0.5, 0.6) is 0 Å². The molecule has 1 heterocycles. The highest BCUT2D eigenvalue weighted by Gasteiger charge is 2.16. The van der Waals surface area contributed by atoms with E-state index in [1.807, 2.05) is 27.1 Å². The van der Waals surface area contributed by atoms with Crippen molar-refractivity contribution < 1.29 is 5.11 Å². The van der Waals surface area contributed by atoms with Gasteiger partial charge in [0.05, 0.1) is 5.69 Å². The number of rotatable bonds is 6. The molecule has 1 aromatic heterocycles. The summed E-state index contributed by atoms with van der Waals surface area (Å²) in [4.78, 5) is 0. The zero-order chi connectivity index (χ0) is 12.1. The first-order valence-electron chi connectivity index (χ1n) is 5.65. The van der Waals surface area contributed by atoms with Crippen molar-refractivity contribution in [1.82, 2.24) is 15.1 Å². The minimum atomic E-state index is 0.107. The largest absolute Gasteiger partial charge is 0.396 e. The predicted molar refractivity (Wildman–Crippen MR) is 64.0 cm³/mol. The van der Waals surface area contributed by atoms with Crippen molar-refractivity contribution >= 4 is 0 Å². The molecule has 0 aliphatic rings. The topological polar surface area (TPSA) is 76.1 Å². The highest BCUT2D eigenvalue weighted by molar-refractivity contribution is 5.20. The van der Waals surface area contributed by atoms with Gasteiger partial charge in [-0.3, -0.25) is 4.68 Å². The molecule has 1 rings (SSSR count). The van der Waals surface area contributed by atoms with Gasteiger partial charge in [-0.1, -0.05) is 0 Å². The lowest BCUT2D eigenvalue weighted by Gasteiger charge is -2.21. The Balaban J connectivity index is 2.70. The van der Waals surface area contributed by atoms with Crippen molar-refractivity contribution in [2.24, 2.45) is 12.8 Å². The minimum Gasteiger partial charge on any atom is -0.396 e.